The van der Waals surface area contributed by atoms with Crippen molar-refractivity contribution in [3.8, 4) is 22.8 Å². The molecular formula is C36H43N3O6. The van der Waals surface area contributed by atoms with E-state index in [2.05, 4.69) is 41.8 Å². The first kappa shape index (κ1) is 30.0. The molecule has 3 aromatic rings. The van der Waals surface area contributed by atoms with Crippen molar-refractivity contribution in [3.63, 3.8) is 0 Å². The summed E-state index contributed by atoms with van der Waals surface area (Å²) in [5.41, 5.74) is 5.53. The third-order valence-corrected chi connectivity index (χ3v) is 10.4. The molecule has 4 aliphatic rings. The van der Waals surface area contributed by atoms with Gasteiger partial charge in [0.15, 0.2) is 0 Å². The molecule has 7 rings (SSSR count). The van der Waals surface area contributed by atoms with Crippen LogP contribution in [0.1, 0.15) is 41.5 Å². The standard InChI is InChI=1S/C36H43N3O6/c1-23-6-4-7-28(30-8-5-9-33(37-30)39-19-26-18-36(26,35(40)41)32(39)22-42-3)34(23)45-21-25-16-24(2)29-20-38(12-15-44-31(29)17-25)27-10-13-43-14-11-27/h4-9,16-17,26-27,32H,10-15,18-22H2,1-3H3,(H,40,41)/t26-,32+,36+/m0/s1. The van der Waals surface area contributed by atoms with Crippen LogP contribution in [0.3, 0.4) is 0 Å². The zero-order chi connectivity index (χ0) is 31.1. The Morgan fingerprint density at radius 2 is 1.91 bits per heavy atom. The molecule has 3 aliphatic heterocycles. The highest BCUT2D eigenvalue weighted by Crippen LogP contribution is 2.62. The van der Waals surface area contributed by atoms with Gasteiger partial charge >= 0.3 is 5.97 Å². The van der Waals surface area contributed by atoms with Crippen LogP contribution < -0.4 is 14.4 Å². The lowest BCUT2D eigenvalue weighted by Crippen LogP contribution is -2.43. The van der Waals surface area contributed by atoms with Crippen LogP contribution in [-0.4, -0.2) is 79.7 Å². The van der Waals surface area contributed by atoms with Crippen molar-refractivity contribution in [3.05, 3.63) is 70.8 Å². The minimum atomic E-state index is -0.746. The molecule has 0 unspecified atom stereocenters. The normalized spacial score (nSPS) is 24.8. The van der Waals surface area contributed by atoms with Crippen molar-refractivity contribution in [2.75, 3.05) is 51.5 Å². The van der Waals surface area contributed by atoms with E-state index in [1.54, 1.807) is 7.11 Å². The minimum absolute atomic E-state index is 0.122. The molecule has 238 valence electrons. The van der Waals surface area contributed by atoms with E-state index in [1.807, 2.05) is 30.3 Å². The number of benzene rings is 2. The van der Waals surface area contributed by atoms with Gasteiger partial charge in [-0.1, -0.05) is 24.3 Å². The van der Waals surface area contributed by atoms with E-state index >= 15 is 0 Å². The van der Waals surface area contributed by atoms with Crippen molar-refractivity contribution in [2.24, 2.45) is 11.3 Å². The average molecular weight is 614 g/mol. The number of hydrogen-bond acceptors (Lipinski definition) is 8. The third kappa shape index (κ3) is 5.55. The summed E-state index contributed by atoms with van der Waals surface area (Å²) in [6.07, 6.45) is 2.85. The van der Waals surface area contributed by atoms with E-state index in [-0.39, 0.29) is 12.0 Å². The molecular weight excluding hydrogens is 570 g/mol. The van der Waals surface area contributed by atoms with E-state index in [4.69, 9.17) is 23.9 Å². The minimum Gasteiger partial charge on any atom is -0.492 e. The lowest BCUT2D eigenvalue weighted by atomic mass is 9.97. The molecule has 0 radical (unpaired) electrons. The van der Waals surface area contributed by atoms with Gasteiger partial charge in [-0.05, 0) is 80.0 Å². The van der Waals surface area contributed by atoms with Crippen LogP contribution in [0.5, 0.6) is 11.5 Å². The number of anilines is 1. The summed E-state index contributed by atoms with van der Waals surface area (Å²) >= 11 is 0. The van der Waals surface area contributed by atoms with Gasteiger partial charge in [0.1, 0.15) is 30.5 Å². The van der Waals surface area contributed by atoms with Gasteiger partial charge in [-0.15, -0.1) is 0 Å². The first-order valence-corrected chi connectivity index (χ1v) is 16.1. The maximum absolute atomic E-state index is 12.3. The van der Waals surface area contributed by atoms with E-state index < -0.39 is 11.4 Å². The van der Waals surface area contributed by atoms with Crippen LogP contribution in [0, 0.1) is 25.2 Å². The molecule has 1 aromatic heterocycles. The Morgan fingerprint density at radius 3 is 2.71 bits per heavy atom. The molecule has 3 fully saturated rings. The van der Waals surface area contributed by atoms with Crippen molar-refractivity contribution >= 4 is 11.8 Å². The molecule has 3 atom stereocenters. The number of rotatable bonds is 9. The fourth-order valence-electron chi connectivity index (χ4n) is 7.80. The summed E-state index contributed by atoms with van der Waals surface area (Å²) in [4.78, 5) is 22.0. The zero-order valence-corrected chi connectivity index (χ0v) is 26.5. The molecule has 9 heteroatoms. The fraction of sp³-hybridized carbons (Fsp3) is 0.500. The number of hydrogen-bond donors (Lipinski definition) is 1. The zero-order valence-electron chi connectivity index (χ0n) is 26.5. The van der Waals surface area contributed by atoms with E-state index in [0.29, 0.717) is 38.8 Å². The van der Waals surface area contributed by atoms with E-state index in [1.165, 1.54) is 11.1 Å². The second-order valence-electron chi connectivity index (χ2n) is 13.0. The summed E-state index contributed by atoms with van der Waals surface area (Å²) in [5, 5.41) is 10.1. The second kappa shape index (κ2) is 12.3. The molecule has 1 N–H and O–H groups in total. The molecule has 1 saturated carbocycles. The first-order valence-electron chi connectivity index (χ1n) is 16.1. The number of aliphatic carboxylic acids is 1. The largest absolute Gasteiger partial charge is 0.492 e. The van der Waals surface area contributed by atoms with Gasteiger partial charge in [-0.3, -0.25) is 9.69 Å². The van der Waals surface area contributed by atoms with Crippen molar-refractivity contribution in [1.29, 1.82) is 0 Å². The SMILES string of the molecule is COC[C@H]1N(c2cccc(-c3cccc(C)c3OCc3cc(C)c4c(c3)OCCN(C3CCOCC3)C4)n2)C[C@@H]2C[C@@]21C(=O)O. The Balaban J connectivity index is 1.11. The predicted octanol–water partition coefficient (Wildman–Crippen LogP) is 5.24. The maximum Gasteiger partial charge on any atom is 0.312 e. The highest BCUT2D eigenvalue weighted by atomic mass is 16.5. The van der Waals surface area contributed by atoms with Gasteiger partial charge in [0.2, 0.25) is 0 Å². The number of ether oxygens (including phenoxy) is 4. The molecule has 0 spiro atoms. The molecule has 0 bridgehead atoms. The molecule has 9 nitrogen and oxygen atoms in total. The molecule has 2 aromatic carbocycles. The number of carboxylic acid groups (broad SMARTS) is 1. The van der Waals surface area contributed by atoms with Crippen LogP contribution in [0.25, 0.3) is 11.3 Å². The number of carbonyl (C=O) groups is 1. The smallest absolute Gasteiger partial charge is 0.312 e. The Morgan fingerprint density at radius 1 is 1.09 bits per heavy atom. The first-order chi connectivity index (χ1) is 21.9. The van der Waals surface area contributed by atoms with Crippen LogP contribution in [0.2, 0.25) is 0 Å². The number of fused-ring (bicyclic) bond motifs is 2. The van der Waals surface area contributed by atoms with Crippen LogP contribution >= 0.6 is 0 Å². The van der Waals surface area contributed by atoms with Crippen LogP contribution in [-0.2, 0) is 27.4 Å². The number of carboxylic acids is 1. The monoisotopic (exact) mass is 613 g/mol. The van der Waals surface area contributed by atoms with E-state index in [9.17, 15) is 9.90 Å². The topological polar surface area (TPSA) is 93.6 Å². The lowest BCUT2D eigenvalue weighted by molar-refractivity contribution is -0.144. The lowest BCUT2D eigenvalue weighted by Gasteiger charge is -2.33. The number of piperidine rings is 1. The Hall–Kier alpha value is -3.66. The molecule has 4 heterocycles. The third-order valence-electron chi connectivity index (χ3n) is 10.4. The highest BCUT2D eigenvalue weighted by molar-refractivity contribution is 5.82. The van der Waals surface area contributed by atoms with Gasteiger partial charge in [-0.2, -0.15) is 0 Å². The summed E-state index contributed by atoms with van der Waals surface area (Å²) in [6.45, 7) is 9.81. The van der Waals surface area contributed by atoms with Gasteiger partial charge in [-0.25, -0.2) is 4.98 Å². The molecule has 0 amide bonds. The molecule has 2 saturated heterocycles. The van der Waals surface area contributed by atoms with Crippen molar-refractivity contribution in [1.82, 2.24) is 9.88 Å². The molecule has 1 aliphatic carbocycles. The number of methoxy groups -OCH3 is 1. The number of pyridine rings is 1. The average Bonchev–Trinajstić information content (AvgIpc) is 3.75. The number of aryl methyl sites for hydroxylation is 2. The molecule has 45 heavy (non-hydrogen) atoms. The van der Waals surface area contributed by atoms with Gasteiger partial charge < -0.3 is 29.0 Å². The second-order valence-corrected chi connectivity index (χ2v) is 13.0. The van der Waals surface area contributed by atoms with Gasteiger partial charge in [0.25, 0.3) is 0 Å². The van der Waals surface area contributed by atoms with Gasteiger partial charge in [0.05, 0.1) is 23.8 Å². The van der Waals surface area contributed by atoms with E-state index in [0.717, 1.165) is 78.8 Å². The van der Waals surface area contributed by atoms with Crippen molar-refractivity contribution < 1.29 is 28.8 Å². The predicted molar refractivity (Wildman–Crippen MR) is 171 cm³/mol. The summed E-state index contributed by atoms with van der Waals surface area (Å²) < 4.78 is 23.9. The summed E-state index contributed by atoms with van der Waals surface area (Å²) in [7, 11) is 1.63. The Labute approximate surface area is 265 Å². The number of nitrogens with zero attached hydrogens (tertiary/aromatic N) is 3. The maximum atomic E-state index is 12.3. The Bertz CT molecular complexity index is 1570. The van der Waals surface area contributed by atoms with Crippen LogP contribution in [0.15, 0.2) is 48.5 Å². The fourth-order valence-corrected chi connectivity index (χ4v) is 7.80. The summed E-state index contributed by atoms with van der Waals surface area (Å²) in [5.74, 6) is 1.90. The van der Waals surface area contributed by atoms with Gasteiger partial charge in [0, 0.05) is 57.1 Å². The summed E-state index contributed by atoms with van der Waals surface area (Å²) in [6, 6.07) is 16.7. The highest BCUT2D eigenvalue weighted by Gasteiger charge is 2.71. The number of para-hydroxylation sites is 1. The quantitative estimate of drug-likeness (QED) is 0.348. The number of aromatic nitrogens is 1. The Kier molecular flexibility index (Phi) is 8.18. The van der Waals surface area contributed by atoms with Crippen LogP contribution in [0.4, 0.5) is 5.82 Å². The van der Waals surface area contributed by atoms with Crippen molar-refractivity contribution in [2.45, 2.75) is 58.3 Å².